The van der Waals surface area contributed by atoms with Crippen molar-refractivity contribution in [3.8, 4) is 5.75 Å². The van der Waals surface area contributed by atoms with Crippen LogP contribution in [0.3, 0.4) is 0 Å². The molecule has 0 aromatic heterocycles. The number of nitrogens with one attached hydrogen (secondary N) is 1. The van der Waals surface area contributed by atoms with Gasteiger partial charge in [-0.25, -0.2) is 0 Å². The lowest BCUT2D eigenvalue weighted by Gasteiger charge is -2.11. The Hall–Kier alpha value is -0.450. The average Bonchev–Trinajstić information content (AvgIpc) is 2.10. The van der Waals surface area contributed by atoms with E-state index >= 15 is 0 Å². The molecule has 0 spiro atoms. The third-order valence-electron chi connectivity index (χ3n) is 1.61. The second-order valence-electron chi connectivity index (χ2n) is 2.60. The summed E-state index contributed by atoms with van der Waals surface area (Å²) < 4.78 is 6.70. The van der Waals surface area contributed by atoms with E-state index in [9.17, 15) is 0 Å². The lowest BCUT2D eigenvalue weighted by atomic mass is 10.3. The van der Waals surface area contributed by atoms with Gasteiger partial charge < -0.3 is 10.1 Å². The molecule has 3 heteroatoms. The molecule has 1 N–H and O–H groups in total. The predicted molar refractivity (Wildman–Crippen MR) is 64.5 cm³/mol. The maximum absolute atomic E-state index is 5.48. The molecule has 0 fully saturated rings. The molecular formula is C10H14INO. The first-order valence-electron chi connectivity index (χ1n) is 4.44. The average molecular weight is 291 g/mol. The molecule has 0 unspecified atom stereocenters. The van der Waals surface area contributed by atoms with Crippen molar-refractivity contribution in [3.05, 3.63) is 21.8 Å². The van der Waals surface area contributed by atoms with Crippen LogP contribution in [-0.4, -0.2) is 13.2 Å². The van der Waals surface area contributed by atoms with Gasteiger partial charge in [-0.05, 0) is 54.6 Å². The molecule has 0 saturated heterocycles. The van der Waals surface area contributed by atoms with Crippen LogP contribution in [0.15, 0.2) is 18.2 Å². The highest BCUT2D eigenvalue weighted by Crippen LogP contribution is 2.26. The van der Waals surface area contributed by atoms with Gasteiger partial charge in [0, 0.05) is 10.1 Å². The zero-order valence-electron chi connectivity index (χ0n) is 7.93. The molecular weight excluding hydrogens is 277 g/mol. The summed E-state index contributed by atoms with van der Waals surface area (Å²) >= 11 is 2.29. The quantitative estimate of drug-likeness (QED) is 0.861. The Bertz CT molecular complexity index is 276. The molecule has 0 heterocycles. The topological polar surface area (TPSA) is 21.3 Å². The van der Waals surface area contributed by atoms with Gasteiger partial charge in [-0.1, -0.05) is 0 Å². The van der Waals surface area contributed by atoms with Crippen molar-refractivity contribution in [1.82, 2.24) is 0 Å². The second-order valence-corrected chi connectivity index (χ2v) is 3.85. The smallest absolute Gasteiger partial charge is 0.142 e. The van der Waals surface area contributed by atoms with Crippen LogP contribution >= 0.6 is 22.6 Å². The Kier molecular flexibility index (Phi) is 4.35. The largest absolute Gasteiger partial charge is 0.492 e. The molecule has 0 saturated carbocycles. The van der Waals surface area contributed by atoms with E-state index in [1.165, 1.54) is 3.57 Å². The minimum atomic E-state index is 0.707. The van der Waals surface area contributed by atoms with E-state index in [1.54, 1.807) is 0 Å². The molecule has 13 heavy (non-hydrogen) atoms. The number of hydrogen-bond acceptors (Lipinski definition) is 2. The zero-order chi connectivity index (χ0) is 9.68. The van der Waals surface area contributed by atoms with E-state index in [0.717, 1.165) is 18.0 Å². The molecule has 1 aromatic rings. The molecule has 0 aliphatic carbocycles. The summed E-state index contributed by atoms with van der Waals surface area (Å²) in [5.74, 6) is 0.935. The van der Waals surface area contributed by atoms with Gasteiger partial charge in [0.2, 0.25) is 0 Å². The molecule has 2 nitrogen and oxygen atoms in total. The van der Waals surface area contributed by atoms with E-state index in [1.807, 2.05) is 19.1 Å². The Balaban J connectivity index is 2.89. The fourth-order valence-electron chi connectivity index (χ4n) is 1.11. The van der Waals surface area contributed by atoms with Crippen LogP contribution in [0.25, 0.3) is 0 Å². The first kappa shape index (κ1) is 10.6. The van der Waals surface area contributed by atoms with Crippen molar-refractivity contribution in [2.45, 2.75) is 13.8 Å². The highest BCUT2D eigenvalue weighted by Gasteiger charge is 2.01. The highest BCUT2D eigenvalue weighted by atomic mass is 127. The first-order chi connectivity index (χ1) is 6.27. The van der Waals surface area contributed by atoms with Crippen LogP contribution in [0, 0.1) is 3.57 Å². The van der Waals surface area contributed by atoms with Crippen molar-refractivity contribution < 1.29 is 4.74 Å². The molecule has 0 bridgehead atoms. The van der Waals surface area contributed by atoms with Gasteiger partial charge in [0.25, 0.3) is 0 Å². The monoisotopic (exact) mass is 291 g/mol. The van der Waals surface area contributed by atoms with Gasteiger partial charge in [-0.3, -0.25) is 0 Å². The summed E-state index contributed by atoms with van der Waals surface area (Å²) in [6, 6.07) is 6.14. The number of hydrogen-bond donors (Lipinski definition) is 1. The number of ether oxygens (including phenoxy) is 1. The van der Waals surface area contributed by atoms with Crippen LogP contribution < -0.4 is 10.1 Å². The molecule has 72 valence electrons. The van der Waals surface area contributed by atoms with E-state index in [-0.39, 0.29) is 0 Å². The Morgan fingerprint density at radius 3 is 2.77 bits per heavy atom. The lowest BCUT2D eigenvalue weighted by molar-refractivity contribution is 0.341. The lowest BCUT2D eigenvalue weighted by Crippen LogP contribution is -2.01. The fraction of sp³-hybridized carbons (Fsp3) is 0.400. The van der Waals surface area contributed by atoms with Crippen LogP contribution in [-0.2, 0) is 0 Å². The predicted octanol–water partition coefficient (Wildman–Crippen LogP) is 3.12. The van der Waals surface area contributed by atoms with Gasteiger partial charge >= 0.3 is 0 Å². The maximum Gasteiger partial charge on any atom is 0.142 e. The summed E-state index contributed by atoms with van der Waals surface area (Å²) in [6.45, 7) is 5.70. The molecule has 1 rings (SSSR count). The van der Waals surface area contributed by atoms with E-state index in [4.69, 9.17) is 4.74 Å². The SMILES string of the molecule is CCNc1cc(I)ccc1OCC. The standard InChI is InChI=1S/C10H14INO/c1-3-12-9-7-8(11)5-6-10(9)13-4-2/h5-7,12H,3-4H2,1-2H3. The van der Waals surface area contributed by atoms with E-state index in [2.05, 4.69) is 40.9 Å². The summed E-state index contributed by atoms with van der Waals surface area (Å²) in [5, 5.41) is 3.27. The van der Waals surface area contributed by atoms with Crippen molar-refractivity contribution >= 4 is 28.3 Å². The number of benzene rings is 1. The zero-order valence-corrected chi connectivity index (χ0v) is 10.1. The summed E-state index contributed by atoms with van der Waals surface area (Å²) in [7, 11) is 0. The fourth-order valence-corrected chi connectivity index (χ4v) is 1.60. The summed E-state index contributed by atoms with van der Waals surface area (Å²) in [5.41, 5.74) is 1.08. The van der Waals surface area contributed by atoms with Gasteiger partial charge in [0.1, 0.15) is 5.75 Å². The van der Waals surface area contributed by atoms with E-state index in [0.29, 0.717) is 6.61 Å². The Morgan fingerprint density at radius 2 is 2.15 bits per heavy atom. The van der Waals surface area contributed by atoms with Crippen molar-refractivity contribution in [1.29, 1.82) is 0 Å². The number of anilines is 1. The molecule has 0 aliphatic heterocycles. The number of rotatable bonds is 4. The van der Waals surface area contributed by atoms with Crippen LogP contribution in [0.4, 0.5) is 5.69 Å². The van der Waals surface area contributed by atoms with Crippen molar-refractivity contribution in [2.24, 2.45) is 0 Å². The maximum atomic E-state index is 5.48. The molecule has 0 radical (unpaired) electrons. The number of halogens is 1. The van der Waals surface area contributed by atoms with Crippen LogP contribution in [0.1, 0.15) is 13.8 Å². The van der Waals surface area contributed by atoms with Gasteiger partial charge in [-0.15, -0.1) is 0 Å². The molecule has 0 amide bonds. The van der Waals surface area contributed by atoms with Gasteiger partial charge in [0.15, 0.2) is 0 Å². The normalized spacial score (nSPS) is 9.77. The highest BCUT2D eigenvalue weighted by molar-refractivity contribution is 14.1. The van der Waals surface area contributed by atoms with Crippen molar-refractivity contribution in [3.63, 3.8) is 0 Å². The minimum Gasteiger partial charge on any atom is -0.492 e. The third kappa shape index (κ3) is 3.06. The van der Waals surface area contributed by atoms with Gasteiger partial charge in [-0.2, -0.15) is 0 Å². The summed E-state index contributed by atoms with van der Waals surface area (Å²) in [4.78, 5) is 0. The second kappa shape index (κ2) is 5.32. The minimum absolute atomic E-state index is 0.707. The first-order valence-corrected chi connectivity index (χ1v) is 5.52. The molecule has 1 aromatic carbocycles. The van der Waals surface area contributed by atoms with E-state index < -0.39 is 0 Å². The molecule has 0 atom stereocenters. The third-order valence-corrected chi connectivity index (χ3v) is 2.28. The van der Waals surface area contributed by atoms with Crippen LogP contribution in [0.2, 0.25) is 0 Å². The van der Waals surface area contributed by atoms with Crippen molar-refractivity contribution in [2.75, 3.05) is 18.5 Å². The Morgan fingerprint density at radius 1 is 1.38 bits per heavy atom. The van der Waals surface area contributed by atoms with Crippen LogP contribution in [0.5, 0.6) is 5.75 Å². The van der Waals surface area contributed by atoms with Gasteiger partial charge in [0.05, 0.1) is 12.3 Å². The summed E-state index contributed by atoms with van der Waals surface area (Å²) in [6.07, 6.45) is 0. The Labute approximate surface area is 92.8 Å². The molecule has 0 aliphatic rings.